The molecule has 0 radical (unpaired) electrons. The Balaban J connectivity index is 1.67. The van der Waals surface area contributed by atoms with E-state index < -0.39 is 24.5 Å². The molecule has 0 aliphatic rings. The van der Waals surface area contributed by atoms with Gasteiger partial charge in [0, 0.05) is 16.6 Å². The van der Waals surface area contributed by atoms with Crippen LogP contribution in [0.1, 0.15) is 41.5 Å². The van der Waals surface area contributed by atoms with Gasteiger partial charge in [-0.25, -0.2) is 9.78 Å². The molecule has 9 heteroatoms. The van der Waals surface area contributed by atoms with Crippen molar-refractivity contribution in [1.82, 2.24) is 14.9 Å². The van der Waals surface area contributed by atoms with Crippen LogP contribution in [0.2, 0.25) is 10.0 Å². The van der Waals surface area contributed by atoms with Crippen molar-refractivity contribution in [2.75, 3.05) is 6.61 Å². The Morgan fingerprint density at radius 1 is 1.19 bits per heavy atom. The highest BCUT2D eigenvalue weighted by Crippen LogP contribution is 2.26. The molecule has 1 aromatic heterocycles. The molecule has 1 N–H and O–H groups in total. The van der Waals surface area contributed by atoms with Crippen LogP contribution < -0.4 is 10.9 Å². The highest BCUT2D eigenvalue weighted by Gasteiger charge is 2.16. The fraction of sp³-hybridized carbons (Fsp3) is 0.273. The van der Waals surface area contributed by atoms with Gasteiger partial charge in [-0.1, -0.05) is 29.3 Å². The minimum atomic E-state index is -0.664. The zero-order chi connectivity index (χ0) is 22.7. The Morgan fingerprint density at radius 2 is 1.94 bits per heavy atom. The second-order valence-electron chi connectivity index (χ2n) is 6.98. The van der Waals surface area contributed by atoms with Gasteiger partial charge >= 0.3 is 5.97 Å². The number of benzene rings is 2. The van der Waals surface area contributed by atoms with E-state index in [-0.39, 0.29) is 11.1 Å². The number of fused-ring (bicyclic) bond motifs is 1. The lowest BCUT2D eigenvalue weighted by atomic mass is 10.1. The summed E-state index contributed by atoms with van der Waals surface area (Å²) in [4.78, 5) is 41.1. The van der Waals surface area contributed by atoms with Gasteiger partial charge in [-0.2, -0.15) is 0 Å². The van der Waals surface area contributed by atoms with Crippen LogP contribution in [0.3, 0.4) is 0 Å². The molecule has 0 aliphatic carbocycles. The summed E-state index contributed by atoms with van der Waals surface area (Å²) in [5, 5.41) is 3.66. The van der Waals surface area contributed by atoms with Crippen molar-refractivity contribution in [3.63, 3.8) is 0 Å². The quantitative estimate of drug-likeness (QED) is 0.558. The number of halogens is 2. The van der Waals surface area contributed by atoms with Gasteiger partial charge in [-0.05, 0) is 56.7 Å². The molecule has 7 nitrogen and oxygen atoms in total. The summed E-state index contributed by atoms with van der Waals surface area (Å²) in [6.45, 7) is 5.28. The predicted octanol–water partition coefficient (Wildman–Crippen LogP) is 4.07. The molecule has 0 aliphatic heterocycles. The van der Waals surface area contributed by atoms with Crippen LogP contribution in [0.25, 0.3) is 11.0 Å². The van der Waals surface area contributed by atoms with Crippen LogP contribution in [0.4, 0.5) is 0 Å². The van der Waals surface area contributed by atoms with E-state index in [9.17, 15) is 14.4 Å². The summed E-state index contributed by atoms with van der Waals surface area (Å²) in [6.07, 6.45) is 0. The number of carbonyl (C=O) groups is 2. The van der Waals surface area contributed by atoms with E-state index in [1.165, 1.54) is 0 Å². The Morgan fingerprint density at radius 3 is 2.61 bits per heavy atom. The van der Waals surface area contributed by atoms with Crippen LogP contribution >= 0.6 is 23.2 Å². The average Bonchev–Trinajstić information content (AvgIpc) is 2.72. The smallest absolute Gasteiger partial charge is 0.338 e. The molecule has 2 aromatic carbocycles. The summed E-state index contributed by atoms with van der Waals surface area (Å²) in [7, 11) is 0. The van der Waals surface area contributed by atoms with Gasteiger partial charge in [0.05, 0.1) is 22.6 Å². The van der Waals surface area contributed by atoms with Crippen molar-refractivity contribution in [2.24, 2.45) is 0 Å². The van der Waals surface area contributed by atoms with Crippen LogP contribution in [0.15, 0.2) is 41.2 Å². The molecule has 1 unspecified atom stereocenters. The normalized spacial score (nSPS) is 11.9. The van der Waals surface area contributed by atoms with Gasteiger partial charge < -0.3 is 14.6 Å². The third kappa shape index (κ3) is 5.06. The maximum absolute atomic E-state index is 12.4. The number of nitrogens with one attached hydrogen (secondary N) is 1. The van der Waals surface area contributed by atoms with E-state index in [4.69, 9.17) is 27.9 Å². The minimum Gasteiger partial charge on any atom is -0.452 e. The first-order chi connectivity index (χ1) is 14.7. The lowest BCUT2D eigenvalue weighted by Crippen LogP contribution is -2.31. The van der Waals surface area contributed by atoms with Gasteiger partial charge in [0.1, 0.15) is 5.69 Å². The number of carbonyl (C=O) groups excluding carboxylic acids is 2. The maximum Gasteiger partial charge on any atom is 0.338 e. The minimum absolute atomic E-state index is 0.170. The van der Waals surface area contributed by atoms with Crippen LogP contribution in [-0.4, -0.2) is 28.0 Å². The Kier molecular flexibility index (Phi) is 6.97. The number of aromatic nitrogens is 2. The number of hydrogen-bond acceptors (Lipinski definition) is 5. The van der Waals surface area contributed by atoms with Crippen LogP contribution in [0, 0.1) is 6.92 Å². The zero-order valence-electron chi connectivity index (χ0n) is 17.2. The molecule has 1 amide bonds. The molecular formula is C22H21Cl2N3O4. The van der Waals surface area contributed by atoms with Gasteiger partial charge in [0.2, 0.25) is 0 Å². The van der Waals surface area contributed by atoms with Crippen LogP contribution in [0.5, 0.6) is 0 Å². The van der Waals surface area contributed by atoms with Gasteiger partial charge in [0.25, 0.3) is 11.5 Å². The van der Waals surface area contributed by atoms with E-state index in [0.29, 0.717) is 38.9 Å². The third-order valence-corrected chi connectivity index (χ3v) is 5.36. The largest absolute Gasteiger partial charge is 0.452 e. The zero-order valence-corrected chi connectivity index (χ0v) is 18.8. The monoisotopic (exact) mass is 461 g/mol. The van der Waals surface area contributed by atoms with E-state index in [2.05, 4.69) is 10.3 Å². The highest BCUT2D eigenvalue weighted by molar-refractivity contribution is 6.35. The van der Waals surface area contributed by atoms with Crippen LogP contribution in [-0.2, 0) is 16.1 Å². The third-order valence-electron chi connectivity index (χ3n) is 4.80. The summed E-state index contributed by atoms with van der Waals surface area (Å²) < 4.78 is 6.72. The molecule has 0 saturated heterocycles. The molecule has 0 spiro atoms. The lowest BCUT2D eigenvalue weighted by Gasteiger charge is -2.16. The Hall–Kier alpha value is -2.90. The van der Waals surface area contributed by atoms with E-state index in [0.717, 1.165) is 0 Å². The first-order valence-corrected chi connectivity index (χ1v) is 10.4. The van der Waals surface area contributed by atoms with Crippen molar-refractivity contribution in [3.05, 3.63) is 73.6 Å². The molecule has 162 valence electrons. The summed E-state index contributed by atoms with van der Waals surface area (Å²) >= 11 is 12.0. The Bertz CT molecular complexity index is 1220. The van der Waals surface area contributed by atoms with E-state index in [1.807, 2.05) is 6.92 Å². The summed E-state index contributed by atoms with van der Waals surface area (Å²) in [6, 6.07) is 9.34. The topological polar surface area (TPSA) is 90.3 Å². The first-order valence-electron chi connectivity index (χ1n) is 9.64. The number of nitrogens with zero attached hydrogens (tertiary/aromatic N) is 2. The van der Waals surface area contributed by atoms with Crippen molar-refractivity contribution in [2.45, 2.75) is 33.4 Å². The molecule has 1 atom stereocenters. The maximum atomic E-state index is 12.4. The Labute approximate surface area is 188 Å². The van der Waals surface area contributed by atoms with Crippen molar-refractivity contribution >= 4 is 46.1 Å². The number of aryl methyl sites for hydroxylation is 2. The summed E-state index contributed by atoms with van der Waals surface area (Å²) in [5.41, 5.74) is 2.24. The number of esters is 1. The van der Waals surface area contributed by atoms with E-state index >= 15 is 0 Å². The molecule has 0 saturated carbocycles. The van der Waals surface area contributed by atoms with E-state index in [1.54, 1.807) is 54.8 Å². The summed E-state index contributed by atoms with van der Waals surface area (Å²) in [5.74, 6) is -1.13. The van der Waals surface area contributed by atoms with Crippen molar-refractivity contribution in [1.29, 1.82) is 0 Å². The SMILES string of the molecule is CCn1c(=O)c(C)nc2cc(C(=O)OCC(=O)NC(C)c3ccc(Cl)cc3Cl)ccc21. The van der Waals surface area contributed by atoms with Gasteiger partial charge in [0.15, 0.2) is 6.61 Å². The number of rotatable bonds is 6. The van der Waals surface area contributed by atoms with Gasteiger partial charge in [-0.3, -0.25) is 9.59 Å². The standard InChI is InChI=1S/C22H21Cl2N3O4/c1-4-27-19-8-5-14(9-18(19)25-13(3)21(27)29)22(30)31-11-20(28)26-12(2)16-7-6-15(23)10-17(16)24/h5-10,12H,4,11H2,1-3H3,(H,26,28). The molecule has 0 bridgehead atoms. The molecule has 3 rings (SSSR count). The lowest BCUT2D eigenvalue weighted by molar-refractivity contribution is -0.124. The van der Waals surface area contributed by atoms with Crippen molar-refractivity contribution < 1.29 is 14.3 Å². The number of amides is 1. The predicted molar refractivity (Wildman–Crippen MR) is 120 cm³/mol. The molecule has 31 heavy (non-hydrogen) atoms. The highest BCUT2D eigenvalue weighted by atomic mass is 35.5. The average molecular weight is 462 g/mol. The second kappa shape index (κ2) is 9.49. The fourth-order valence-electron chi connectivity index (χ4n) is 3.24. The molecular weight excluding hydrogens is 441 g/mol. The number of hydrogen-bond donors (Lipinski definition) is 1. The molecule has 3 aromatic rings. The first kappa shape index (κ1) is 22.8. The number of ether oxygens (including phenoxy) is 1. The molecule has 0 fully saturated rings. The second-order valence-corrected chi connectivity index (χ2v) is 7.82. The van der Waals surface area contributed by atoms with Crippen molar-refractivity contribution in [3.8, 4) is 0 Å². The fourth-order valence-corrected chi connectivity index (χ4v) is 3.82. The van der Waals surface area contributed by atoms with Gasteiger partial charge in [-0.15, -0.1) is 0 Å². The molecule has 1 heterocycles.